The molecule has 2 aromatic rings. The third kappa shape index (κ3) is 7.46. The summed E-state index contributed by atoms with van der Waals surface area (Å²) in [7, 11) is 0. The van der Waals surface area contributed by atoms with Crippen LogP contribution in [0.5, 0.6) is 5.75 Å². The summed E-state index contributed by atoms with van der Waals surface area (Å²) in [5, 5.41) is 3.30. The summed E-state index contributed by atoms with van der Waals surface area (Å²) < 4.78 is 16.3. The molecule has 1 aromatic heterocycles. The van der Waals surface area contributed by atoms with E-state index in [1.54, 1.807) is 21.6 Å². The Morgan fingerprint density at radius 1 is 0.911 bits per heavy atom. The quantitative estimate of drug-likeness (QED) is 0.293. The first kappa shape index (κ1) is 32.0. The molecular weight excluding hydrogens is 582 g/mol. The Bertz CT molecular complexity index is 1440. The first-order valence-corrected chi connectivity index (χ1v) is 15.7. The van der Waals surface area contributed by atoms with E-state index in [-0.39, 0.29) is 60.5 Å². The molecule has 1 saturated carbocycles. The van der Waals surface area contributed by atoms with E-state index >= 15 is 0 Å². The summed E-state index contributed by atoms with van der Waals surface area (Å²) in [5.74, 6) is -0.740. The standard InChI is InChI=1S/C32H41N5O8/c1-4-6-13-44-32(42)36-11-9-35(10-12-36)27(38)16-33-30(40)25-15-26(21-8-7-20(3)14-24(21)34-25)45-19-28(39)37-17-22-23(18-37)29(22)31(41)43-5-2/h7-8,14-15,22-23,29H,4-6,9-13,16-19H2,1-3H3,(H,33,40). The minimum atomic E-state index is -0.550. The maximum Gasteiger partial charge on any atom is 0.409 e. The molecule has 3 heterocycles. The third-order valence-electron chi connectivity index (χ3n) is 8.63. The number of aromatic nitrogens is 1. The Morgan fingerprint density at radius 3 is 2.31 bits per heavy atom. The van der Waals surface area contributed by atoms with E-state index in [0.717, 1.165) is 18.4 Å². The Hall–Kier alpha value is -4.42. The number of hydrogen-bond donors (Lipinski definition) is 1. The van der Waals surface area contributed by atoms with Crippen molar-refractivity contribution in [2.24, 2.45) is 17.8 Å². The molecule has 242 valence electrons. The number of carbonyl (C=O) groups is 5. The van der Waals surface area contributed by atoms with Gasteiger partial charge in [0.15, 0.2) is 6.61 Å². The largest absolute Gasteiger partial charge is 0.483 e. The fourth-order valence-electron chi connectivity index (χ4n) is 5.98. The molecule has 45 heavy (non-hydrogen) atoms. The number of piperidine rings is 1. The fraction of sp³-hybridized carbons (Fsp3) is 0.562. The number of nitrogens with one attached hydrogen (secondary N) is 1. The number of unbranched alkanes of at least 4 members (excludes halogenated alkanes) is 1. The van der Waals surface area contributed by atoms with Crippen LogP contribution in [0, 0.1) is 24.7 Å². The zero-order chi connectivity index (χ0) is 32.1. The smallest absolute Gasteiger partial charge is 0.409 e. The first-order chi connectivity index (χ1) is 21.7. The molecule has 1 N–H and O–H groups in total. The van der Waals surface area contributed by atoms with E-state index < -0.39 is 5.91 Å². The zero-order valence-corrected chi connectivity index (χ0v) is 26.1. The van der Waals surface area contributed by atoms with Gasteiger partial charge in [0.2, 0.25) is 5.91 Å². The monoisotopic (exact) mass is 623 g/mol. The van der Waals surface area contributed by atoms with Crippen molar-refractivity contribution in [2.45, 2.75) is 33.6 Å². The molecule has 1 aromatic carbocycles. The Morgan fingerprint density at radius 2 is 1.62 bits per heavy atom. The number of hydrogen-bond acceptors (Lipinski definition) is 9. The molecule has 5 rings (SSSR count). The van der Waals surface area contributed by atoms with Crippen molar-refractivity contribution in [3.05, 3.63) is 35.5 Å². The third-order valence-corrected chi connectivity index (χ3v) is 8.63. The van der Waals surface area contributed by atoms with Gasteiger partial charge in [0.1, 0.15) is 11.4 Å². The van der Waals surface area contributed by atoms with Crippen LogP contribution < -0.4 is 10.1 Å². The number of nitrogens with zero attached hydrogens (tertiary/aromatic N) is 4. The highest BCUT2D eigenvalue weighted by molar-refractivity contribution is 5.98. The van der Waals surface area contributed by atoms with Gasteiger partial charge in [-0.05, 0) is 49.8 Å². The van der Waals surface area contributed by atoms with Crippen LogP contribution >= 0.6 is 0 Å². The van der Waals surface area contributed by atoms with Crippen LogP contribution in [0.2, 0.25) is 0 Å². The number of piperazine rings is 1. The highest BCUT2D eigenvalue weighted by Gasteiger charge is 2.61. The number of likely N-dealkylation sites (tertiary alicyclic amines) is 1. The minimum absolute atomic E-state index is 0.0580. The highest BCUT2D eigenvalue weighted by Crippen LogP contribution is 2.52. The second-order valence-corrected chi connectivity index (χ2v) is 11.7. The molecule has 0 radical (unpaired) electrons. The lowest BCUT2D eigenvalue weighted by molar-refractivity contribution is -0.146. The van der Waals surface area contributed by atoms with Crippen molar-refractivity contribution in [1.82, 2.24) is 25.0 Å². The van der Waals surface area contributed by atoms with E-state index in [2.05, 4.69) is 10.3 Å². The van der Waals surface area contributed by atoms with E-state index in [4.69, 9.17) is 14.2 Å². The molecule has 3 fully saturated rings. The Kier molecular flexibility index (Phi) is 10.0. The lowest BCUT2D eigenvalue weighted by Gasteiger charge is -2.34. The van der Waals surface area contributed by atoms with Gasteiger partial charge in [-0.2, -0.15) is 0 Å². The summed E-state index contributed by atoms with van der Waals surface area (Å²) in [6.45, 7) is 8.37. The topological polar surface area (TPSA) is 148 Å². The number of amides is 4. The van der Waals surface area contributed by atoms with E-state index in [9.17, 15) is 24.0 Å². The highest BCUT2D eigenvalue weighted by atomic mass is 16.6. The molecule has 3 aliphatic rings. The number of rotatable bonds is 11. The summed E-state index contributed by atoms with van der Waals surface area (Å²) in [4.78, 5) is 72.5. The molecule has 0 bridgehead atoms. The van der Waals surface area contributed by atoms with Gasteiger partial charge in [0.25, 0.3) is 11.8 Å². The van der Waals surface area contributed by atoms with Crippen molar-refractivity contribution < 1.29 is 38.2 Å². The lowest BCUT2D eigenvalue weighted by atomic mass is 10.1. The van der Waals surface area contributed by atoms with Crippen molar-refractivity contribution >= 4 is 40.7 Å². The predicted octanol–water partition coefficient (Wildman–Crippen LogP) is 2.00. The van der Waals surface area contributed by atoms with E-state index in [1.165, 1.54) is 6.07 Å². The van der Waals surface area contributed by atoms with Gasteiger partial charge in [-0.25, -0.2) is 9.78 Å². The summed E-state index contributed by atoms with van der Waals surface area (Å²) >= 11 is 0. The van der Waals surface area contributed by atoms with Crippen molar-refractivity contribution in [3.63, 3.8) is 0 Å². The average Bonchev–Trinajstić information content (AvgIpc) is 3.54. The molecule has 2 unspecified atom stereocenters. The van der Waals surface area contributed by atoms with Crippen LogP contribution in [-0.4, -0.2) is 115 Å². The van der Waals surface area contributed by atoms with Gasteiger partial charge in [0.05, 0.1) is 31.2 Å². The summed E-state index contributed by atoms with van der Waals surface area (Å²) in [6.07, 6.45) is 1.37. The molecule has 4 amide bonds. The van der Waals surface area contributed by atoms with Crippen LogP contribution in [0.3, 0.4) is 0 Å². The number of carbonyl (C=O) groups excluding carboxylic acids is 5. The molecule has 0 spiro atoms. The number of esters is 1. The maximum absolute atomic E-state index is 13.1. The molecule has 1 aliphatic carbocycles. The molecule has 2 aliphatic heterocycles. The fourth-order valence-corrected chi connectivity index (χ4v) is 5.98. The van der Waals surface area contributed by atoms with Gasteiger partial charge < -0.3 is 34.2 Å². The zero-order valence-electron chi connectivity index (χ0n) is 26.1. The Balaban J connectivity index is 1.15. The van der Waals surface area contributed by atoms with Crippen LogP contribution in [0.1, 0.15) is 42.7 Å². The average molecular weight is 624 g/mol. The molecule has 2 atom stereocenters. The van der Waals surface area contributed by atoms with Gasteiger partial charge >= 0.3 is 12.1 Å². The summed E-state index contributed by atoms with van der Waals surface area (Å²) in [6, 6.07) is 7.02. The Labute approximate surface area is 262 Å². The van der Waals surface area contributed by atoms with Crippen LogP contribution in [0.4, 0.5) is 4.79 Å². The van der Waals surface area contributed by atoms with Gasteiger partial charge in [-0.3, -0.25) is 19.2 Å². The second-order valence-electron chi connectivity index (χ2n) is 11.7. The van der Waals surface area contributed by atoms with Crippen LogP contribution in [0.15, 0.2) is 24.3 Å². The summed E-state index contributed by atoms with van der Waals surface area (Å²) in [5.41, 5.74) is 1.52. The normalized spacial score (nSPS) is 20.4. The molecule has 2 saturated heterocycles. The minimum Gasteiger partial charge on any atom is -0.483 e. The number of fused-ring (bicyclic) bond motifs is 2. The van der Waals surface area contributed by atoms with E-state index in [0.29, 0.717) is 69.1 Å². The molecular formula is C32H41N5O8. The number of pyridine rings is 1. The van der Waals surface area contributed by atoms with Crippen LogP contribution in [0.25, 0.3) is 10.9 Å². The van der Waals surface area contributed by atoms with Gasteiger partial charge in [-0.1, -0.05) is 19.4 Å². The number of benzene rings is 1. The number of aryl methyl sites for hydroxylation is 1. The van der Waals surface area contributed by atoms with Crippen LogP contribution in [-0.2, 0) is 23.9 Å². The van der Waals surface area contributed by atoms with Gasteiger partial charge in [0, 0.05) is 50.7 Å². The number of ether oxygens (including phenoxy) is 3. The lowest BCUT2D eigenvalue weighted by Crippen LogP contribution is -2.52. The molecule has 13 heteroatoms. The predicted molar refractivity (Wildman–Crippen MR) is 162 cm³/mol. The molecule has 13 nitrogen and oxygen atoms in total. The van der Waals surface area contributed by atoms with Crippen molar-refractivity contribution in [1.29, 1.82) is 0 Å². The maximum atomic E-state index is 13.1. The van der Waals surface area contributed by atoms with E-state index in [1.807, 2.05) is 32.0 Å². The first-order valence-electron chi connectivity index (χ1n) is 15.7. The van der Waals surface area contributed by atoms with Crippen molar-refractivity contribution in [2.75, 3.05) is 65.6 Å². The SMILES string of the molecule is CCCCOC(=O)N1CCN(C(=O)CNC(=O)c2cc(OCC(=O)N3CC4C(C3)C4C(=O)OCC)c3ccc(C)cc3n2)CC1. The second kappa shape index (κ2) is 14.1. The van der Waals surface area contributed by atoms with Gasteiger partial charge in [-0.15, -0.1) is 0 Å². The van der Waals surface area contributed by atoms with Crippen molar-refractivity contribution in [3.8, 4) is 5.75 Å².